The van der Waals surface area contributed by atoms with Gasteiger partial charge >= 0.3 is 0 Å². The number of ether oxygens (including phenoxy) is 3. The number of rotatable bonds is 25. The Kier molecular flexibility index (Phi) is 18.1. The van der Waals surface area contributed by atoms with Gasteiger partial charge in [0, 0.05) is 19.1 Å². The lowest BCUT2D eigenvalue weighted by Gasteiger charge is -2.12. The van der Waals surface area contributed by atoms with Crippen molar-refractivity contribution in [2.24, 2.45) is 0 Å². The van der Waals surface area contributed by atoms with Crippen LogP contribution in [0, 0.1) is 0 Å². The molecule has 0 aliphatic carbocycles. The van der Waals surface area contributed by atoms with Gasteiger partial charge in [-0.25, -0.2) is 0 Å². The van der Waals surface area contributed by atoms with Crippen LogP contribution in [0.1, 0.15) is 135 Å². The Morgan fingerprint density at radius 3 is 2.10 bits per heavy atom. The topological polar surface area (TPSA) is 31.6 Å². The zero-order chi connectivity index (χ0) is 27.2. The molecule has 0 radical (unpaired) electrons. The zero-order valence-electron chi connectivity index (χ0n) is 25.1. The lowest BCUT2D eigenvalue weighted by atomic mass is 10.0. The zero-order valence-corrected chi connectivity index (χ0v) is 25.9. The van der Waals surface area contributed by atoms with Crippen molar-refractivity contribution < 1.29 is 18.8 Å². The number of fused-ring (bicyclic) bond motifs is 1. The summed E-state index contributed by atoms with van der Waals surface area (Å²) in [5.74, 6) is 0. The van der Waals surface area contributed by atoms with Gasteiger partial charge in [-0.15, -0.1) is 0 Å². The molecule has 1 saturated heterocycles. The van der Waals surface area contributed by atoms with E-state index in [1.807, 2.05) is 11.3 Å². The largest absolute Gasteiger partial charge is 0.379 e. The molecule has 1 aliphatic rings. The highest BCUT2D eigenvalue weighted by molar-refractivity contribution is 7.16. The van der Waals surface area contributed by atoms with Crippen molar-refractivity contribution in [3.8, 4) is 0 Å². The van der Waals surface area contributed by atoms with E-state index in [0.29, 0.717) is 13.2 Å². The molecule has 3 rings (SSSR count). The third kappa shape index (κ3) is 14.4. The van der Waals surface area contributed by atoms with Gasteiger partial charge in [0.05, 0.1) is 13.2 Å². The second-order valence-corrected chi connectivity index (χ2v) is 12.5. The summed E-state index contributed by atoms with van der Waals surface area (Å²) in [6, 6.07) is 8.68. The first-order valence-corrected chi connectivity index (χ1v) is 17.4. The lowest BCUT2D eigenvalue weighted by molar-refractivity contribution is -0.667. The Labute approximate surface area is 243 Å². The number of unbranched alkanes of at least 4 members (excludes halogenated alkanes) is 17. The van der Waals surface area contributed by atoms with Gasteiger partial charge in [0.15, 0.2) is 6.29 Å². The van der Waals surface area contributed by atoms with E-state index in [2.05, 4.69) is 41.3 Å². The quantitative estimate of drug-likeness (QED) is 0.0894. The molecule has 2 aromatic rings. The highest BCUT2D eigenvalue weighted by Crippen LogP contribution is 2.20. The summed E-state index contributed by atoms with van der Waals surface area (Å²) in [5, 5.41) is 0. The highest BCUT2D eigenvalue weighted by Gasteiger charge is 2.25. The molecular weight excluding hydrogens is 502 g/mol. The molecule has 0 bridgehead atoms. The van der Waals surface area contributed by atoms with Crippen LogP contribution in [-0.4, -0.2) is 32.2 Å². The van der Waals surface area contributed by atoms with Gasteiger partial charge in [-0.3, -0.25) is 0 Å². The SMILES string of the molecule is CCCCCCCCCCCCCCCCC[C@H]1OC[C@H](COCCCCCC[n+]2csc3ccccc32)O1. The molecule has 1 aromatic carbocycles. The molecule has 2 heterocycles. The minimum atomic E-state index is -0.00809. The summed E-state index contributed by atoms with van der Waals surface area (Å²) in [6.07, 6.45) is 27.0. The van der Waals surface area contributed by atoms with Crippen LogP contribution in [-0.2, 0) is 20.8 Å². The Morgan fingerprint density at radius 1 is 0.769 bits per heavy atom. The fourth-order valence-electron chi connectivity index (χ4n) is 5.63. The van der Waals surface area contributed by atoms with Crippen molar-refractivity contribution >= 4 is 21.6 Å². The number of para-hydroxylation sites is 1. The number of aromatic nitrogens is 1. The van der Waals surface area contributed by atoms with Gasteiger partial charge in [-0.05, 0) is 31.7 Å². The molecule has 39 heavy (non-hydrogen) atoms. The number of benzene rings is 1. The van der Waals surface area contributed by atoms with E-state index in [4.69, 9.17) is 14.2 Å². The van der Waals surface area contributed by atoms with Crippen molar-refractivity contribution in [1.29, 1.82) is 0 Å². The highest BCUT2D eigenvalue weighted by atomic mass is 32.1. The van der Waals surface area contributed by atoms with Crippen molar-refractivity contribution in [2.75, 3.05) is 19.8 Å². The number of thiazole rings is 1. The van der Waals surface area contributed by atoms with Gasteiger partial charge < -0.3 is 14.2 Å². The van der Waals surface area contributed by atoms with Crippen LogP contribution >= 0.6 is 11.3 Å². The molecule has 2 atom stereocenters. The summed E-state index contributed by atoms with van der Waals surface area (Å²) in [6.45, 7) is 5.60. The summed E-state index contributed by atoms with van der Waals surface area (Å²) in [4.78, 5) is 0. The maximum absolute atomic E-state index is 6.05. The van der Waals surface area contributed by atoms with Gasteiger partial charge in [-0.1, -0.05) is 127 Å². The fraction of sp³-hybridized carbons (Fsp3) is 0.794. The predicted octanol–water partition coefficient (Wildman–Crippen LogP) is 9.77. The van der Waals surface area contributed by atoms with Crippen LogP contribution in [0.2, 0.25) is 0 Å². The maximum atomic E-state index is 6.05. The van der Waals surface area contributed by atoms with Gasteiger partial charge in [-0.2, -0.15) is 4.57 Å². The van der Waals surface area contributed by atoms with Crippen molar-refractivity contribution in [2.45, 2.75) is 154 Å². The molecule has 222 valence electrons. The normalized spacial score (nSPS) is 17.5. The first-order valence-electron chi connectivity index (χ1n) is 16.6. The maximum Gasteiger partial charge on any atom is 0.225 e. The first-order chi connectivity index (χ1) is 19.4. The monoisotopic (exact) mass is 560 g/mol. The van der Waals surface area contributed by atoms with E-state index >= 15 is 0 Å². The second-order valence-electron chi connectivity index (χ2n) is 11.6. The Morgan fingerprint density at radius 2 is 1.38 bits per heavy atom. The average molecular weight is 561 g/mol. The van der Waals surface area contributed by atoms with Crippen molar-refractivity contribution in [3.05, 3.63) is 29.8 Å². The molecule has 1 fully saturated rings. The number of hydrogen-bond donors (Lipinski definition) is 0. The van der Waals surface area contributed by atoms with Crippen LogP contribution in [0.25, 0.3) is 10.2 Å². The standard InChI is InChI=1S/C34H58NO3S/c1-2-3-4-5-6-7-8-9-10-11-12-13-14-15-18-25-34-37-29-31(38-34)28-36-27-22-17-16-21-26-35-30-39-33-24-20-19-23-32(33)35/h19-20,23-24,30-31,34H,2-18,21-22,25-29H2,1H3/q+1/t31-,34-/m0/s1. The Hall–Kier alpha value is -1.01. The average Bonchev–Trinajstić information content (AvgIpc) is 3.59. The van der Waals surface area contributed by atoms with Crippen molar-refractivity contribution in [3.63, 3.8) is 0 Å². The van der Waals surface area contributed by atoms with Gasteiger partial charge in [0.25, 0.3) is 0 Å². The summed E-state index contributed by atoms with van der Waals surface area (Å²) in [7, 11) is 0. The summed E-state index contributed by atoms with van der Waals surface area (Å²) >= 11 is 1.83. The minimum Gasteiger partial charge on any atom is -0.379 e. The molecule has 0 amide bonds. The molecule has 1 aromatic heterocycles. The Balaban J connectivity index is 1.03. The van der Waals surface area contributed by atoms with E-state index in [9.17, 15) is 0 Å². The van der Waals surface area contributed by atoms with E-state index in [0.717, 1.165) is 26.0 Å². The number of aryl methyl sites for hydroxylation is 1. The minimum absolute atomic E-state index is 0.00809. The molecule has 4 nitrogen and oxygen atoms in total. The molecule has 0 spiro atoms. The predicted molar refractivity (Wildman–Crippen MR) is 165 cm³/mol. The molecule has 0 saturated carbocycles. The van der Waals surface area contributed by atoms with E-state index < -0.39 is 0 Å². The van der Waals surface area contributed by atoms with Crippen LogP contribution in [0.4, 0.5) is 0 Å². The van der Waals surface area contributed by atoms with E-state index in [-0.39, 0.29) is 12.4 Å². The lowest BCUT2D eigenvalue weighted by Crippen LogP contribution is -2.31. The number of hydrogen-bond acceptors (Lipinski definition) is 4. The number of nitrogens with zero attached hydrogens (tertiary/aromatic N) is 1. The van der Waals surface area contributed by atoms with Crippen LogP contribution in [0.5, 0.6) is 0 Å². The van der Waals surface area contributed by atoms with Gasteiger partial charge in [0.2, 0.25) is 11.0 Å². The molecule has 0 N–H and O–H groups in total. The van der Waals surface area contributed by atoms with Crippen molar-refractivity contribution in [1.82, 2.24) is 0 Å². The fourth-order valence-corrected chi connectivity index (χ4v) is 6.55. The smallest absolute Gasteiger partial charge is 0.225 e. The van der Waals surface area contributed by atoms with Crippen LogP contribution in [0.15, 0.2) is 29.8 Å². The third-order valence-corrected chi connectivity index (χ3v) is 9.04. The molecular formula is C34H58NO3S+. The summed E-state index contributed by atoms with van der Waals surface area (Å²) in [5.41, 5.74) is 3.62. The first kappa shape index (κ1) is 32.5. The summed E-state index contributed by atoms with van der Waals surface area (Å²) < 4.78 is 21.6. The Bertz CT molecular complexity index is 841. The van der Waals surface area contributed by atoms with E-state index in [1.165, 1.54) is 126 Å². The van der Waals surface area contributed by atoms with Gasteiger partial charge in [0.1, 0.15) is 17.3 Å². The van der Waals surface area contributed by atoms with Crippen LogP contribution < -0.4 is 4.57 Å². The second kappa shape index (κ2) is 21.7. The molecule has 1 aliphatic heterocycles. The van der Waals surface area contributed by atoms with E-state index in [1.54, 1.807) is 0 Å². The third-order valence-electron chi connectivity index (χ3n) is 8.08. The van der Waals surface area contributed by atoms with Crippen LogP contribution in [0.3, 0.4) is 0 Å². The molecule has 5 heteroatoms. The molecule has 0 unspecified atom stereocenters.